The minimum Gasteiger partial charge on any atom is -0.343 e. The fraction of sp³-hybridized carbons (Fsp3) is 0.185. The van der Waals surface area contributed by atoms with Crippen LogP contribution in [-0.2, 0) is 4.79 Å². The molecule has 5 aromatic rings. The van der Waals surface area contributed by atoms with Gasteiger partial charge < -0.3 is 14.6 Å². The zero-order valence-corrected chi connectivity index (χ0v) is 19.9. The van der Waals surface area contributed by atoms with Gasteiger partial charge in [-0.05, 0) is 61.0 Å². The molecular weight excluding hydrogens is 456 g/mol. The van der Waals surface area contributed by atoms with Gasteiger partial charge in [-0.3, -0.25) is 4.79 Å². The highest BCUT2D eigenvalue weighted by Crippen LogP contribution is 2.30. The molecule has 6 rings (SSSR count). The summed E-state index contributed by atoms with van der Waals surface area (Å²) in [6, 6.07) is 21.4. The number of hydrogen-bond acceptors (Lipinski definition) is 6. The van der Waals surface area contributed by atoms with Crippen molar-refractivity contribution in [2.45, 2.75) is 25.3 Å². The Morgan fingerprint density at radius 2 is 1.86 bits per heavy atom. The molecule has 35 heavy (non-hydrogen) atoms. The molecule has 1 unspecified atom stereocenters. The van der Waals surface area contributed by atoms with Crippen LogP contribution in [-0.4, -0.2) is 38.1 Å². The lowest BCUT2D eigenvalue weighted by Gasteiger charge is -2.35. The average Bonchev–Trinajstić information content (AvgIpc) is 3.60. The number of rotatable bonds is 5. The number of hydrogen-bond donors (Lipinski definition) is 1. The lowest BCUT2D eigenvalue weighted by molar-refractivity contribution is -0.117. The Balaban J connectivity index is 1.25. The van der Waals surface area contributed by atoms with Gasteiger partial charge in [0.1, 0.15) is 17.4 Å². The smallest absolute Gasteiger partial charge is 0.247 e. The van der Waals surface area contributed by atoms with Gasteiger partial charge in [0, 0.05) is 24.5 Å². The second-order valence-corrected chi connectivity index (χ2v) is 9.53. The van der Waals surface area contributed by atoms with Crippen molar-refractivity contribution in [2.24, 2.45) is 0 Å². The number of carbonyl (C=O) groups excluding carboxylic acids is 1. The van der Waals surface area contributed by atoms with Crippen LogP contribution in [0.3, 0.4) is 0 Å². The Morgan fingerprint density at radius 3 is 2.69 bits per heavy atom. The Kier molecular flexibility index (Phi) is 5.71. The van der Waals surface area contributed by atoms with E-state index in [2.05, 4.69) is 20.4 Å². The Bertz CT molecular complexity index is 1430. The van der Waals surface area contributed by atoms with Gasteiger partial charge in [0.05, 0.1) is 16.3 Å². The highest BCUT2D eigenvalue weighted by molar-refractivity contribution is 7.13. The van der Waals surface area contributed by atoms with E-state index in [0.29, 0.717) is 0 Å². The molecule has 1 aliphatic heterocycles. The second kappa shape index (κ2) is 9.31. The van der Waals surface area contributed by atoms with Gasteiger partial charge in [0.25, 0.3) is 0 Å². The van der Waals surface area contributed by atoms with Crippen molar-refractivity contribution in [1.82, 2.24) is 19.6 Å². The normalized spacial score (nSPS) is 15.9. The van der Waals surface area contributed by atoms with Crippen LogP contribution in [0.4, 0.5) is 11.5 Å². The molecule has 0 saturated carbocycles. The molecule has 1 fully saturated rings. The summed E-state index contributed by atoms with van der Waals surface area (Å²) in [5.41, 5.74) is 4.19. The number of imidazole rings is 1. The highest BCUT2D eigenvalue weighted by atomic mass is 32.1. The Labute approximate surface area is 207 Å². The van der Waals surface area contributed by atoms with Gasteiger partial charge in [-0.15, -0.1) is 21.5 Å². The third-order valence-electron chi connectivity index (χ3n) is 6.35. The number of amides is 1. The third-order valence-corrected chi connectivity index (χ3v) is 7.24. The number of nitrogens with zero attached hydrogens (tertiary/aromatic N) is 5. The lowest BCUT2D eigenvalue weighted by atomic mass is 10.0. The summed E-state index contributed by atoms with van der Waals surface area (Å²) in [6.45, 7) is 0.777. The number of pyridine rings is 1. The molecule has 5 heterocycles. The molecular formula is C27H24N6OS. The second-order valence-electron chi connectivity index (χ2n) is 8.59. The fourth-order valence-corrected chi connectivity index (χ4v) is 5.30. The van der Waals surface area contributed by atoms with Crippen LogP contribution < -0.4 is 10.2 Å². The molecule has 1 atom stereocenters. The number of aromatic nitrogens is 4. The van der Waals surface area contributed by atoms with Crippen molar-refractivity contribution in [3.05, 3.63) is 84.5 Å². The van der Waals surface area contributed by atoms with Gasteiger partial charge in [0.2, 0.25) is 5.91 Å². The standard InChI is InChI=1S/C27H24N6OS/c34-27(29-20-9-2-1-8-19(20)22-18-32-15-5-4-12-25(32)28-22)23-10-3-6-16-33(23)26-14-13-21(30-31-26)24-11-7-17-35-24/h1-2,4-5,7-9,11-15,17-18,23H,3,6,10,16H2,(H,29,34). The molecule has 0 bridgehead atoms. The van der Waals surface area contributed by atoms with Crippen molar-refractivity contribution >= 4 is 34.4 Å². The quantitative estimate of drug-likeness (QED) is 0.359. The predicted octanol–water partition coefficient (Wildman–Crippen LogP) is 5.52. The van der Waals surface area contributed by atoms with Crippen molar-refractivity contribution in [3.8, 4) is 21.8 Å². The summed E-state index contributed by atoms with van der Waals surface area (Å²) in [5, 5.41) is 14.1. The first-order valence-corrected chi connectivity index (χ1v) is 12.6. The van der Waals surface area contributed by atoms with Crippen LogP contribution >= 0.6 is 11.3 Å². The molecule has 1 saturated heterocycles. The molecule has 174 valence electrons. The van der Waals surface area contributed by atoms with E-state index in [0.717, 1.165) is 64.8 Å². The zero-order chi connectivity index (χ0) is 23.6. The minimum atomic E-state index is -0.306. The molecule has 1 amide bonds. The third kappa shape index (κ3) is 4.28. The maximum Gasteiger partial charge on any atom is 0.247 e. The van der Waals surface area contributed by atoms with E-state index >= 15 is 0 Å². The highest BCUT2D eigenvalue weighted by Gasteiger charge is 2.30. The van der Waals surface area contributed by atoms with Gasteiger partial charge in [0.15, 0.2) is 5.82 Å². The van der Waals surface area contributed by atoms with E-state index in [-0.39, 0.29) is 11.9 Å². The summed E-state index contributed by atoms with van der Waals surface area (Å²) < 4.78 is 1.98. The van der Waals surface area contributed by atoms with E-state index < -0.39 is 0 Å². The molecule has 1 aromatic carbocycles. The predicted molar refractivity (Wildman–Crippen MR) is 140 cm³/mol. The van der Waals surface area contributed by atoms with Crippen molar-refractivity contribution < 1.29 is 4.79 Å². The van der Waals surface area contributed by atoms with Crippen LogP contribution in [0.1, 0.15) is 19.3 Å². The number of nitrogens with one attached hydrogen (secondary N) is 1. The lowest BCUT2D eigenvalue weighted by Crippen LogP contribution is -2.47. The van der Waals surface area contributed by atoms with Crippen molar-refractivity contribution in [2.75, 3.05) is 16.8 Å². The number of para-hydroxylation sites is 1. The molecule has 0 spiro atoms. The molecule has 1 aliphatic rings. The van der Waals surface area contributed by atoms with E-state index in [9.17, 15) is 4.79 Å². The van der Waals surface area contributed by atoms with Crippen LogP contribution in [0, 0.1) is 0 Å². The maximum atomic E-state index is 13.5. The molecule has 8 heteroatoms. The first kappa shape index (κ1) is 21.5. The topological polar surface area (TPSA) is 75.4 Å². The van der Waals surface area contributed by atoms with E-state index in [1.807, 2.05) is 88.9 Å². The molecule has 0 radical (unpaired) electrons. The van der Waals surface area contributed by atoms with Crippen LogP contribution in [0.2, 0.25) is 0 Å². The maximum absolute atomic E-state index is 13.5. The largest absolute Gasteiger partial charge is 0.343 e. The summed E-state index contributed by atoms with van der Waals surface area (Å²) in [7, 11) is 0. The summed E-state index contributed by atoms with van der Waals surface area (Å²) in [4.78, 5) is 21.4. The van der Waals surface area contributed by atoms with Gasteiger partial charge >= 0.3 is 0 Å². The molecule has 7 nitrogen and oxygen atoms in total. The van der Waals surface area contributed by atoms with Crippen LogP contribution in [0.25, 0.3) is 27.5 Å². The first-order valence-electron chi connectivity index (χ1n) is 11.7. The minimum absolute atomic E-state index is 0.0370. The number of benzene rings is 1. The monoisotopic (exact) mass is 480 g/mol. The Hall–Kier alpha value is -4.04. The number of piperidine rings is 1. The van der Waals surface area contributed by atoms with E-state index in [1.54, 1.807) is 11.3 Å². The summed E-state index contributed by atoms with van der Waals surface area (Å²) in [5.74, 6) is 0.698. The molecule has 0 aliphatic carbocycles. The van der Waals surface area contributed by atoms with E-state index in [4.69, 9.17) is 4.98 Å². The van der Waals surface area contributed by atoms with Gasteiger partial charge in [-0.25, -0.2) is 4.98 Å². The van der Waals surface area contributed by atoms with Crippen molar-refractivity contribution in [1.29, 1.82) is 0 Å². The van der Waals surface area contributed by atoms with Crippen LogP contribution in [0.5, 0.6) is 0 Å². The first-order chi connectivity index (χ1) is 17.3. The number of thiophene rings is 1. The average molecular weight is 481 g/mol. The van der Waals surface area contributed by atoms with E-state index in [1.165, 1.54) is 0 Å². The van der Waals surface area contributed by atoms with Crippen LogP contribution in [0.15, 0.2) is 84.5 Å². The van der Waals surface area contributed by atoms with Gasteiger partial charge in [-0.1, -0.05) is 30.3 Å². The van der Waals surface area contributed by atoms with Gasteiger partial charge in [-0.2, -0.15) is 0 Å². The molecule has 4 aromatic heterocycles. The van der Waals surface area contributed by atoms with Crippen molar-refractivity contribution in [3.63, 3.8) is 0 Å². The number of carbonyl (C=O) groups is 1. The number of fused-ring (bicyclic) bond motifs is 1. The molecule has 1 N–H and O–H groups in total. The number of anilines is 2. The zero-order valence-electron chi connectivity index (χ0n) is 19.0. The Morgan fingerprint density at radius 1 is 0.943 bits per heavy atom. The summed E-state index contributed by atoms with van der Waals surface area (Å²) in [6.07, 6.45) is 6.76. The summed E-state index contributed by atoms with van der Waals surface area (Å²) >= 11 is 1.64. The SMILES string of the molecule is O=C(Nc1ccccc1-c1cn2ccccc2n1)C1CCCCN1c1ccc(-c2cccs2)nn1. The fourth-order valence-electron chi connectivity index (χ4n) is 4.61.